The van der Waals surface area contributed by atoms with Crippen molar-refractivity contribution in [1.82, 2.24) is 5.32 Å². The number of halogens is 1. The maximum Gasteiger partial charge on any atom is 0.220 e. The third-order valence-corrected chi connectivity index (χ3v) is 11.5. The van der Waals surface area contributed by atoms with Gasteiger partial charge in [-0.1, -0.05) is 73.3 Å². The molecule has 1 amide bonds. The number of carbonyl (C=O) groups is 1. The third-order valence-electron chi connectivity index (χ3n) is 8.79. The predicted molar refractivity (Wildman–Crippen MR) is 189 cm³/mol. The standard InChI is InChI=1S/C38H44ClNO7Si/c1-9-32-38-28(16-20-33(38)46-37(2,3)47-38)15-12-27(24-44-23-25-10-17-29(42-4)18-11-25)31(48(6,7)8)22-40-34(41)21-14-26-13-19-30(43-5)36(45-32)35(26)39/h1,10-11,13,16-19,32-33H,14,20-24H2,2-8H3,(H,40,41)/b31-27-/t32-,33-,38-/m1/s1. The highest BCUT2D eigenvalue weighted by Gasteiger charge is 2.62. The number of ether oxygens (including phenoxy) is 6. The predicted octanol–water partition coefficient (Wildman–Crippen LogP) is 6.41. The molecule has 1 spiro atoms. The summed E-state index contributed by atoms with van der Waals surface area (Å²) in [7, 11) is 1.15. The number of hydrogen-bond acceptors (Lipinski definition) is 7. The Hall–Kier alpha value is -3.70. The quantitative estimate of drug-likeness (QED) is 0.266. The molecule has 10 heteroatoms. The van der Waals surface area contributed by atoms with Crippen molar-refractivity contribution in [2.45, 2.75) is 83.0 Å². The van der Waals surface area contributed by atoms with Gasteiger partial charge in [0, 0.05) is 24.1 Å². The first-order valence-electron chi connectivity index (χ1n) is 16.1. The van der Waals surface area contributed by atoms with E-state index in [1.54, 1.807) is 13.2 Å². The molecule has 1 aliphatic carbocycles. The van der Waals surface area contributed by atoms with Crippen LogP contribution >= 0.6 is 11.6 Å². The second kappa shape index (κ2) is 14.4. The molecule has 0 radical (unpaired) electrons. The highest BCUT2D eigenvalue weighted by molar-refractivity contribution is 6.83. The molecule has 2 aromatic rings. The molecule has 1 N–H and O–H groups in total. The molecule has 3 atom stereocenters. The smallest absolute Gasteiger partial charge is 0.220 e. The van der Waals surface area contributed by atoms with Gasteiger partial charge in [-0.25, -0.2) is 0 Å². The number of aryl methyl sites for hydroxylation is 1. The zero-order valence-corrected chi connectivity index (χ0v) is 30.5. The molecule has 8 nitrogen and oxygen atoms in total. The Morgan fingerprint density at radius 1 is 1.06 bits per heavy atom. The molecule has 2 aromatic carbocycles. The van der Waals surface area contributed by atoms with Crippen molar-refractivity contribution in [1.29, 1.82) is 0 Å². The van der Waals surface area contributed by atoms with E-state index in [4.69, 9.17) is 46.4 Å². The van der Waals surface area contributed by atoms with Crippen LogP contribution in [0.3, 0.4) is 0 Å². The molecule has 48 heavy (non-hydrogen) atoms. The molecular formula is C38H44ClNO7Si. The summed E-state index contributed by atoms with van der Waals surface area (Å²) in [5, 5.41) is 4.57. The largest absolute Gasteiger partial charge is 0.497 e. The summed E-state index contributed by atoms with van der Waals surface area (Å²) < 4.78 is 36.9. The van der Waals surface area contributed by atoms with Gasteiger partial charge in [0.05, 0.1) is 40.5 Å². The lowest BCUT2D eigenvalue weighted by atomic mass is 9.87. The molecule has 2 bridgehead atoms. The maximum atomic E-state index is 13.2. The number of methoxy groups -OCH3 is 2. The van der Waals surface area contributed by atoms with Gasteiger partial charge >= 0.3 is 0 Å². The van der Waals surface area contributed by atoms with E-state index >= 15 is 0 Å². The average molecular weight is 690 g/mol. The van der Waals surface area contributed by atoms with Gasteiger partial charge in [-0.2, -0.15) is 0 Å². The molecule has 254 valence electrons. The summed E-state index contributed by atoms with van der Waals surface area (Å²) >= 11 is 6.93. The van der Waals surface area contributed by atoms with E-state index in [2.05, 4.69) is 42.7 Å². The first-order valence-corrected chi connectivity index (χ1v) is 20.0. The summed E-state index contributed by atoms with van der Waals surface area (Å²) in [6.07, 6.45) is 7.97. The number of fused-ring (bicyclic) bond motifs is 2. The Labute approximate surface area is 290 Å². The Bertz CT molecular complexity index is 1710. The second-order valence-corrected chi connectivity index (χ2v) is 19.0. The third kappa shape index (κ3) is 7.47. The van der Waals surface area contributed by atoms with Crippen LogP contribution in [-0.2, 0) is 32.0 Å². The molecule has 3 aliphatic rings. The fourth-order valence-corrected chi connectivity index (χ4v) is 8.32. The monoisotopic (exact) mass is 689 g/mol. The number of rotatable bonds is 7. The van der Waals surface area contributed by atoms with Gasteiger partial charge in [-0.05, 0) is 61.2 Å². The van der Waals surface area contributed by atoms with Gasteiger partial charge in [0.15, 0.2) is 29.0 Å². The van der Waals surface area contributed by atoms with Crippen LogP contribution in [0.25, 0.3) is 0 Å². The van der Waals surface area contributed by atoms with Gasteiger partial charge in [0.25, 0.3) is 0 Å². The van der Waals surface area contributed by atoms with E-state index in [1.165, 1.54) is 7.11 Å². The lowest BCUT2D eigenvalue weighted by Gasteiger charge is -2.35. The van der Waals surface area contributed by atoms with Gasteiger partial charge in [-0.15, -0.1) is 6.42 Å². The summed E-state index contributed by atoms with van der Waals surface area (Å²) in [6.45, 7) is 11.4. The van der Waals surface area contributed by atoms with Crippen LogP contribution in [0.4, 0.5) is 0 Å². The van der Waals surface area contributed by atoms with Crippen LogP contribution in [0.1, 0.15) is 37.8 Å². The average Bonchev–Trinajstić information content (AvgIpc) is 3.51. The van der Waals surface area contributed by atoms with E-state index in [0.717, 1.165) is 27.6 Å². The first kappa shape index (κ1) is 35.6. The molecule has 1 fully saturated rings. The SMILES string of the molecule is C#C[C@H]1Oc2c(OC)ccc(c2Cl)CCC(=O)NC/C([Si](C)(C)C)=C(/COCc2ccc(OC)cc2)C#CC2=CC[C@H]3OC(C)(C)O[C@]213. The van der Waals surface area contributed by atoms with Gasteiger partial charge < -0.3 is 33.7 Å². The van der Waals surface area contributed by atoms with Crippen molar-refractivity contribution in [2.75, 3.05) is 27.4 Å². The number of carbonyl (C=O) groups excluding carboxylic acids is 1. The van der Waals surface area contributed by atoms with Crippen molar-refractivity contribution < 1.29 is 33.2 Å². The number of nitrogens with one attached hydrogen (secondary N) is 1. The number of terminal acetylenes is 1. The minimum atomic E-state index is -2.03. The minimum Gasteiger partial charge on any atom is -0.497 e. The summed E-state index contributed by atoms with van der Waals surface area (Å²) in [4.78, 5) is 13.2. The van der Waals surface area contributed by atoms with E-state index in [0.29, 0.717) is 42.3 Å². The van der Waals surface area contributed by atoms with Crippen molar-refractivity contribution in [3.05, 3.63) is 75.0 Å². The van der Waals surface area contributed by atoms with E-state index in [9.17, 15) is 4.79 Å². The summed E-state index contributed by atoms with van der Waals surface area (Å²) in [5.74, 6) is 10.1. The fourth-order valence-electron chi connectivity index (χ4n) is 6.36. The molecule has 0 saturated carbocycles. The Morgan fingerprint density at radius 2 is 1.81 bits per heavy atom. The molecule has 2 aliphatic heterocycles. The molecule has 2 heterocycles. The highest BCUT2D eigenvalue weighted by Crippen LogP contribution is 2.51. The molecule has 5 rings (SSSR count). The number of hydrogen-bond donors (Lipinski definition) is 1. The van der Waals surface area contributed by atoms with E-state index in [1.807, 2.05) is 50.3 Å². The van der Waals surface area contributed by atoms with Crippen LogP contribution in [0.5, 0.6) is 17.2 Å². The van der Waals surface area contributed by atoms with Crippen molar-refractivity contribution >= 4 is 25.6 Å². The van der Waals surface area contributed by atoms with Crippen LogP contribution < -0.4 is 19.5 Å². The minimum absolute atomic E-state index is 0.0980. The van der Waals surface area contributed by atoms with Crippen LogP contribution in [0.15, 0.2) is 58.8 Å². The summed E-state index contributed by atoms with van der Waals surface area (Å²) in [5.41, 5.74) is 2.01. The highest BCUT2D eigenvalue weighted by atomic mass is 35.5. The second-order valence-electron chi connectivity index (χ2n) is 13.6. The van der Waals surface area contributed by atoms with E-state index < -0.39 is 31.7 Å². The Kier molecular flexibility index (Phi) is 10.7. The zero-order chi connectivity index (χ0) is 34.7. The number of amides is 1. The first-order chi connectivity index (χ1) is 22.8. The van der Waals surface area contributed by atoms with E-state index in [-0.39, 0.29) is 24.7 Å². The lowest BCUT2D eigenvalue weighted by molar-refractivity contribution is -0.166. The van der Waals surface area contributed by atoms with Gasteiger partial charge in [0.2, 0.25) is 5.91 Å². The van der Waals surface area contributed by atoms with Crippen molar-refractivity contribution in [3.63, 3.8) is 0 Å². The number of benzene rings is 2. The van der Waals surface area contributed by atoms with Gasteiger partial charge in [-0.3, -0.25) is 4.79 Å². The Morgan fingerprint density at radius 3 is 2.48 bits per heavy atom. The summed E-state index contributed by atoms with van der Waals surface area (Å²) in [6, 6.07) is 11.4. The fraction of sp³-hybridized carbons (Fsp3) is 0.447. The normalized spacial score (nSPS) is 25.3. The Balaban J connectivity index is 1.61. The zero-order valence-electron chi connectivity index (χ0n) is 28.8. The molecule has 0 unspecified atom stereocenters. The van der Waals surface area contributed by atoms with Crippen LogP contribution in [0.2, 0.25) is 24.7 Å². The van der Waals surface area contributed by atoms with Crippen molar-refractivity contribution in [2.24, 2.45) is 0 Å². The lowest BCUT2D eigenvalue weighted by Crippen LogP contribution is -2.52. The topological polar surface area (TPSA) is 84.5 Å². The van der Waals surface area contributed by atoms with Gasteiger partial charge in [0.1, 0.15) is 11.9 Å². The van der Waals surface area contributed by atoms with Crippen LogP contribution in [-0.4, -0.2) is 64.9 Å². The van der Waals surface area contributed by atoms with Crippen molar-refractivity contribution in [3.8, 4) is 41.4 Å². The molecule has 1 saturated heterocycles. The van der Waals surface area contributed by atoms with Crippen LogP contribution in [0, 0.1) is 24.2 Å². The maximum absolute atomic E-state index is 13.2. The molecule has 0 aromatic heterocycles. The molecular weight excluding hydrogens is 646 g/mol.